The Labute approximate surface area is 91.7 Å². The fourth-order valence-electron chi connectivity index (χ4n) is 1.02. The Bertz CT molecular complexity index is 426. The molecule has 0 bridgehead atoms. The third-order valence-corrected chi connectivity index (χ3v) is 2.01. The molecule has 0 aromatic heterocycles. The first-order chi connectivity index (χ1) is 7.13. The summed E-state index contributed by atoms with van der Waals surface area (Å²) in [6.07, 6.45) is 0. The summed E-state index contributed by atoms with van der Waals surface area (Å²) in [5.74, 6) is -0.106. The van der Waals surface area contributed by atoms with Gasteiger partial charge in [-0.2, -0.15) is 0 Å². The van der Waals surface area contributed by atoms with Crippen LogP contribution in [0.3, 0.4) is 0 Å². The van der Waals surface area contributed by atoms with Gasteiger partial charge in [0.05, 0.1) is 10.7 Å². The van der Waals surface area contributed by atoms with Crippen molar-refractivity contribution in [2.24, 2.45) is 5.11 Å². The van der Waals surface area contributed by atoms with Crippen molar-refractivity contribution in [3.63, 3.8) is 0 Å². The number of halogens is 1. The minimum absolute atomic E-state index is 0.106. The van der Waals surface area contributed by atoms with Crippen molar-refractivity contribution in [1.82, 2.24) is 5.32 Å². The molecule has 1 aromatic rings. The smallest absolute Gasteiger partial charge is 0.217 e. The van der Waals surface area contributed by atoms with Crippen LogP contribution in [0, 0.1) is 0 Å². The highest BCUT2D eigenvalue weighted by Gasteiger charge is 2.00. The number of nitrogens with zero attached hydrogens (tertiary/aromatic N) is 3. The maximum Gasteiger partial charge on any atom is 0.217 e. The first-order valence-corrected chi connectivity index (χ1v) is 4.59. The second kappa shape index (κ2) is 5.24. The summed E-state index contributed by atoms with van der Waals surface area (Å²) in [7, 11) is 0. The molecule has 5 nitrogen and oxygen atoms in total. The van der Waals surface area contributed by atoms with E-state index in [-0.39, 0.29) is 5.91 Å². The van der Waals surface area contributed by atoms with Gasteiger partial charge in [0, 0.05) is 18.4 Å². The van der Waals surface area contributed by atoms with E-state index < -0.39 is 0 Å². The maximum atomic E-state index is 10.7. The summed E-state index contributed by atoms with van der Waals surface area (Å²) >= 11 is 5.85. The molecule has 0 heterocycles. The Morgan fingerprint density at radius 3 is 2.93 bits per heavy atom. The van der Waals surface area contributed by atoms with Crippen LogP contribution in [-0.2, 0) is 11.3 Å². The van der Waals surface area contributed by atoms with Crippen LogP contribution in [0.5, 0.6) is 0 Å². The molecule has 0 atom stereocenters. The van der Waals surface area contributed by atoms with Crippen molar-refractivity contribution in [2.45, 2.75) is 13.5 Å². The van der Waals surface area contributed by atoms with E-state index >= 15 is 0 Å². The number of carbonyl (C=O) groups excluding carboxylic acids is 1. The van der Waals surface area contributed by atoms with Crippen LogP contribution in [0.15, 0.2) is 23.3 Å². The van der Waals surface area contributed by atoms with Crippen molar-refractivity contribution >= 4 is 23.2 Å². The number of nitrogens with one attached hydrogen (secondary N) is 1. The lowest BCUT2D eigenvalue weighted by atomic mass is 10.2. The molecule has 78 valence electrons. The van der Waals surface area contributed by atoms with Crippen LogP contribution in [0.1, 0.15) is 12.5 Å². The number of hydrogen-bond acceptors (Lipinski definition) is 2. The molecule has 0 fully saturated rings. The molecule has 6 heteroatoms. The molecular weight excluding hydrogens is 216 g/mol. The van der Waals surface area contributed by atoms with E-state index in [1.807, 2.05) is 0 Å². The molecule has 0 aliphatic rings. The van der Waals surface area contributed by atoms with E-state index in [0.29, 0.717) is 17.3 Å². The Morgan fingerprint density at radius 1 is 1.67 bits per heavy atom. The second-order valence-corrected chi connectivity index (χ2v) is 3.29. The van der Waals surface area contributed by atoms with Gasteiger partial charge in [-0.05, 0) is 17.2 Å². The van der Waals surface area contributed by atoms with Gasteiger partial charge in [0.2, 0.25) is 5.91 Å². The van der Waals surface area contributed by atoms with Gasteiger partial charge in [-0.25, -0.2) is 0 Å². The van der Waals surface area contributed by atoms with Gasteiger partial charge in [0.1, 0.15) is 0 Å². The summed E-state index contributed by atoms with van der Waals surface area (Å²) in [5, 5.41) is 6.41. The fraction of sp³-hybridized carbons (Fsp3) is 0.222. The largest absolute Gasteiger partial charge is 0.352 e. The van der Waals surface area contributed by atoms with E-state index in [2.05, 4.69) is 15.3 Å². The fourth-order valence-corrected chi connectivity index (χ4v) is 1.26. The zero-order chi connectivity index (χ0) is 11.3. The third kappa shape index (κ3) is 3.50. The Hall–Kier alpha value is -1.71. The summed E-state index contributed by atoms with van der Waals surface area (Å²) in [6.45, 7) is 1.85. The quantitative estimate of drug-likeness (QED) is 0.478. The van der Waals surface area contributed by atoms with Gasteiger partial charge in [-0.1, -0.05) is 28.8 Å². The van der Waals surface area contributed by atoms with E-state index in [1.165, 1.54) is 6.92 Å². The molecule has 0 aliphatic heterocycles. The van der Waals surface area contributed by atoms with Crippen LogP contribution in [0.25, 0.3) is 10.4 Å². The minimum atomic E-state index is -0.106. The van der Waals surface area contributed by atoms with E-state index in [1.54, 1.807) is 18.2 Å². The molecule has 0 radical (unpaired) electrons. The van der Waals surface area contributed by atoms with Crippen LogP contribution in [-0.4, -0.2) is 5.91 Å². The molecule has 0 spiro atoms. The predicted octanol–water partition coefficient (Wildman–Crippen LogP) is 2.92. The van der Waals surface area contributed by atoms with Crippen molar-refractivity contribution in [3.05, 3.63) is 39.2 Å². The van der Waals surface area contributed by atoms with E-state index in [0.717, 1.165) is 5.56 Å². The summed E-state index contributed by atoms with van der Waals surface area (Å²) in [6, 6.07) is 5.01. The number of azide groups is 1. The highest BCUT2D eigenvalue weighted by Crippen LogP contribution is 2.25. The molecule has 1 aromatic carbocycles. The van der Waals surface area contributed by atoms with Crippen molar-refractivity contribution in [2.75, 3.05) is 0 Å². The zero-order valence-electron chi connectivity index (χ0n) is 8.07. The lowest BCUT2D eigenvalue weighted by Gasteiger charge is -2.04. The number of carbonyl (C=O) groups is 1. The number of hydrogen-bond donors (Lipinski definition) is 1. The Morgan fingerprint density at radius 2 is 2.40 bits per heavy atom. The molecule has 0 saturated carbocycles. The second-order valence-electron chi connectivity index (χ2n) is 2.88. The monoisotopic (exact) mass is 224 g/mol. The normalized spacial score (nSPS) is 9.20. The lowest BCUT2D eigenvalue weighted by Crippen LogP contribution is -2.18. The minimum Gasteiger partial charge on any atom is -0.352 e. The highest BCUT2D eigenvalue weighted by molar-refractivity contribution is 6.33. The molecule has 15 heavy (non-hydrogen) atoms. The summed E-state index contributed by atoms with van der Waals surface area (Å²) in [4.78, 5) is 13.3. The van der Waals surface area contributed by atoms with Gasteiger partial charge in [0.15, 0.2) is 0 Å². The zero-order valence-corrected chi connectivity index (χ0v) is 8.82. The molecule has 0 unspecified atom stereocenters. The van der Waals surface area contributed by atoms with Crippen LogP contribution >= 0.6 is 11.6 Å². The van der Waals surface area contributed by atoms with Crippen molar-refractivity contribution in [3.8, 4) is 0 Å². The lowest BCUT2D eigenvalue weighted by molar-refractivity contribution is -0.119. The third-order valence-electron chi connectivity index (χ3n) is 1.71. The van der Waals surface area contributed by atoms with Gasteiger partial charge in [0.25, 0.3) is 0 Å². The standard InChI is InChI=1S/C9H9ClN4O/c1-6(15)12-5-7-2-3-9(13-14-11)8(10)4-7/h2-4H,5H2,1H3,(H,12,15). The highest BCUT2D eigenvalue weighted by atomic mass is 35.5. The first-order valence-electron chi connectivity index (χ1n) is 4.21. The predicted molar refractivity (Wildman–Crippen MR) is 57.8 cm³/mol. The van der Waals surface area contributed by atoms with Gasteiger partial charge in [-0.15, -0.1) is 0 Å². The number of benzene rings is 1. The molecule has 1 N–H and O–H groups in total. The Balaban J connectivity index is 2.81. The van der Waals surface area contributed by atoms with Crippen LogP contribution < -0.4 is 5.32 Å². The van der Waals surface area contributed by atoms with E-state index in [4.69, 9.17) is 17.1 Å². The van der Waals surface area contributed by atoms with Crippen molar-refractivity contribution < 1.29 is 4.79 Å². The molecule has 1 rings (SSSR count). The van der Waals surface area contributed by atoms with Crippen molar-refractivity contribution in [1.29, 1.82) is 0 Å². The maximum absolute atomic E-state index is 10.7. The Kier molecular flexibility index (Phi) is 3.97. The first kappa shape index (κ1) is 11.4. The number of rotatable bonds is 3. The SMILES string of the molecule is CC(=O)NCc1ccc(N=[N+]=[N-])c(Cl)c1. The van der Waals surface area contributed by atoms with Gasteiger partial charge >= 0.3 is 0 Å². The van der Waals surface area contributed by atoms with Crippen LogP contribution in [0.4, 0.5) is 5.69 Å². The average molecular weight is 225 g/mol. The molecule has 0 aliphatic carbocycles. The molecule has 0 saturated heterocycles. The summed E-state index contributed by atoms with van der Waals surface area (Å²) < 4.78 is 0. The topological polar surface area (TPSA) is 77.9 Å². The van der Waals surface area contributed by atoms with Gasteiger partial charge in [-0.3, -0.25) is 4.79 Å². The molecular formula is C9H9ClN4O. The van der Waals surface area contributed by atoms with E-state index in [9.17, 15) is 4.79 Å². The number of amides is 1. The van der Waals surface area contributed by atoms with Gasteiger partial charge < -0.3 is 5.32 Å². The van der Waals surface area contributed by atoms with Crippen LogP contribution in [0.2, 0.25) is 5.02 Å². The summed E-state index contributed by atoms with van der Waals surface area (Å²) in [5.41, 5.74) is 9.47. The molecule has 1 amide bonds. The average Bonchev–Trinajstić information content (AvgIpc) is 2.19.